The topological polar surface area (TPSA) is 80.6 Å². The fourth-order valence-electron chi connectivity index (χ4n) is 3.76. The first-order chi connectivity index (χ1) is 15.6. The van der Waals surface area contributed by atoms with Crippen molar-refractivity contribution >= 4 is 15.9 Å². The van der Waals surface area contributed by atoms with Crippen LogP contribution in [0, 0.1) is 0 Å². The van der Waals surface area contributed by atoms with Crippen molar-refractivity contribution in [2.75, 3.05) is 30.5 Å². The van der Waals surface area contributed by atoms with Crippen molar-refractivity contribution in [2.45, 2.75) is 32.7 Å². The molecule has 0 unspecified atom stereocenters. The molecule has 2 aromatic heterocycles. The molecule has 0 spiro atoms. The van der Waals surface area contributed by atoms with E-state index in [1.54, 1.807) is 28.8 Å². The van der Waals surface area contributed by atoms with E-state index >= 15 is 0 Å². The van der Waals surface area contributed by atoms with E-state index in [1.165, 1.54) is 4.31 Å². The lowest BCUT2D eigenvalue weighted by atomic mass is 10.1. The van der Waals surface area contributed by atoms with E-state index in [4.69, 9.17) is 4.74 Å². The fraction of sp³-hybridized carbons (Fsp3) is 0.391. The summed E-state index contributed by atoms with van der Waals surface area (Å²) in [4.78, 5) is 3.96. The molecule has 4 rings (SSSR count). The Kier molecular flexibility index (Phi) is 7.06. The second-order valence-corrected chi connectivity index (χ2v) is 9.56. The molecule has 170 valence electrons. The highest BCUT2D eigenvalue weighted by Gasteiger charge is 2.36. The number of benzene rings is 1. The Labute approximate surface area is 189 Å². The van der Waals surface area contributed by atoms with E-state index in [1.807, 2.05) is 41.3 Å². The quantitative estimate of drug-likeness (QED) is 0.437. The van der Waals surface area contributed by atoms with E-state index in [0.717, 1.165) is 42.7 Å². The van der Waals surface area contributed by atoms with E-state index < -0.39 is 10.2 Å². The second-order valence-electron chi connectivity index (χ2n) is 7.70. The number of hydrogen-bond donors (Lipinski definition) is 0. The molecule has 1 saturated heterocycles. The Morgan fingerprint density at radius 3 is 2.47 bits per heavy atom. The lowest BCUT2D eigenvalue weighted by molar-refractivity contribution is 0.302. The van der Waals surface area contributed by atoms with Gasteiger partial charge in [0.25, 0.3) is 0 Å². The van der Waals surface area contributed by atoms with Gasteiger partial charge in [-0.3, -0.25) is 14.0 Å². The lowest BCUT2D eigenvalue weighted by Gasteiger charge is -2.19. The van der Waals surface area contributed by atoms with Crippen molar-refractivity contribution in [2.24, 2.45) is 0 Å². The summed E-state index contributed by atoms with van der Waals surface area (Å²) in [6.07, 6.45) is 9.74. The third-order valence-corrected chi connectivity index (χ3v) is 7.54. The summed E-state index contributed by atoms with van der Waals surface area (Å²) in [7, 11) is -3.44. The molecule has 0 bridgehead atoms. The van der Waals surface area contributed by atoms with Gasteiger partial charge in [0.05, 0.1) is 18.5 Å². The summed E-state index contributed by atoms with van der Waals surface area (Å²) >= 11 is 0. The number of anilines is 1. The Balaban J connectivity index is 1.17. The summed E-state index contributed by atoms with van der Waals surface area (Å²) < 4.78 is 36.3. The molecular weight excluding hydrogens is 426 g/mol. The molecule has 3 heterocycles. The van der Waals surface area contributed by atoms with Crippen molar-refractivity contribution in [1.82, 2.24) is 19.1 Å². The number of unbranched alkanes of at least 4 members (excludes halogenated alkanes) is 2. The van der Waals surface area contributed by atoms with Gasteiger partial charge >= 0.3 is 10.2 Å². The minimum Gasteiger partial charge on any atom is -0.494 e. The maximum atomic E-state index is 12.7. The summed E-state index contributed by atoms with van der Waals surface area (Å²) in [5.41, 5.74) is 2.88. The minimum absolute atomic E-state index is 0.477. The zero-order chi connectivity index (χ0) is 22.4. The van der Waals surface area contributed by atoms with Crippen molar-refractivity contribution in [3.63, 3.8) is 0 Å². The average Bonchev–Trinajstić information content (AvgIpc) is 3.41. The molecule has 0 N–H and O–H groups in total. The first kappa shape index (κ1) is 22.3. The largest absolute Gasteiger partial charge is 0.494 e. The molecule has 3 aromatic rings. The van der Waals surface area contributed by atoms with Gasteiger partial charge in [-0.1, -0.05) is 12.1 Å². The predicted octanol–water partition coefficient (Wildman–Crippen LogP) is 3.58. The summed E-state index contributed by atoms with van der Waals surface area (Å²) in [6.45, 7) is 5.06. The Bertz CT molecular complexity index is 1100. The standard InChI is InChI=1S/C23H29N5O3S/c1-2-26-19-21(18-25-26)20-6-8-23(9-7-20)31-17-5-3-4-14-27-15-16-28(32(27,29)30)22-10-12-24-13-11-22/h6-13,18-19H,2-5,14-17H2,1H3. The first-order valence-corrected chi connectivity index (χ1v) is 12.4. The van der Waals surface area contributed by atoms with Gasteiger partial charge < -0.3 is 4.74 Å². The maximum absolute atomic E-state index is 12.7. The van der Waals surface area contributed by atoms with Gasteiger partial charge in [-0.15, -0.1) is 0 Å². The van der Waals surface area contributed by atoms with Gasteiger partial charge in [0.15, 0.2) is 0 Å². The van der Waals surface area contributed by atoms with E-state index in [0.29, 0.717) is 31.9 Å². The summed E-state index contributed by atoms with van der Waals surface area (Å²) in [5.74, 6) is 0.840. The zero-order valence-electron chi connectivity index (χ0n) is 18.3. The maximum Gasteiger partial charge on any atom is 0.304 e. The smallest absolute Gasteiger partial charge is 0.304 e. The highest BCUT2D eigenvalue weighted by atomic mass is 32.2. The first-order valence-electron chi connectivity index (χ1n) is 11.0. The van der Waals surface area contributed by atoms with Gasteiger partial charge in [0.2, 0.25) is 0 Å². The zero-order valence-corrected chi connectivity index (χ0v) is 19.1. The molecular formula is C23H29N5O3S. The molecule has 1 aromatic carbocycles. The minimum atomic E-state index is -3.44. The molecule has 0 amide bonds. The van der Waals surface area contributed by atoms with Crippen LogP contribution in [0.4, 0.5) is 5.69 Å². The lowest BCUT2D eigenvalue weighted by Crippen LogP contribution is -2.33. The van der Waals surface area contributed by atoms with Crippen LogP contribution in [-0.2, 0) is 16.8 Å². The van der Waals surface area contributed by atoms with Gasteiger partial charge in [0, 0.05) is 50.3 Å². The van der Waals surface area contributed by atoms with Crippen molar-refractivity contribution < 1.29 is 13.2 Å². The SMILES string of the molecule is CCn1cc(-c2ccc(OCCCCCN3CCN(c4ccncc4)S3(=O)=O)cc2)cn1. The Hall–Kier alpha value is -2.91. The van der Waals surface area contributed by atoms with Gasteiger partial charge in [0.1, 0.15) is 5.75 Å². The van der Waals surface area contributed by atoms with Crippen LogP contribution in [0.25, 0.3) is 11.1 Å². The van der Waals surface area contributed by atoms with E-state index in [2.05, 4.69) is 17.0 Å². The van der Waals surface area contributed by atoms with Crippen LogP contribution in [0.2, 0.25) is 0 Å². The molecule has 32 heavy (non-hydrogen) atoms. The molecule has 1 fully saturated rings. The van der Waals surface area contributed by atoms with Crippen LogP contribution < -0.4 is 9.04 Å². The fourth-order valence-corrected chi connectivity index (χ4v) is 5.41. The number of aromatic nitrogens is 3. The van der Waals surface area contributed by atoms with Crippen LogP contribution in [0.15, 0.2) is 61.2 Å². The molecule has 0 radical (unpaired) electrons. The van der Waals surface area contributed by atoms with Crippen molar-refractivity contribution in [3.05, 3.63) is 61.2 Å². The van der Waals surface area contributed by atoms with Crippen LogP contribution >= 0.6 is 0 Å². The average molecular weight is 456 g/mol. The summed E-state index contributed by atoms with van der Waals surface area (Å²) in [6, 6.07) is 11.5. The molecule has 0 aliphatic carbocycles. The Morgan fingerprint density at radius 1 is 0.969 bits per heavy atom. The number of hydrogen-bond acceptors (Lipinski definition) is 5. The Morgan fingerprint density at radius 2 is 1.75 bits per heavy atom. The highest BCUT2D eigenvalue weighted by Crippen LogP contribution is 2.25. The van der Waals surface area contributed by atoms with Gasteiger partial charge in [-0.25, -0.2) is 0 Å². The normalized spacial score (nSPS) is 15.8. The molecule has 0 atom stereocenters. The molecule has 1 aliphatic rings. The highest BCUT2D eigenvalue weighted by molar-refractivity contribution is 7.90. The molecule has 9 heteroatoms. The van der Waals surface area contributed by atoms with Gasteiger partial charge in [-0.05, 0) is 56.0 Å². The third-order valence-electron chi connectivity index (χ3n) is 5.57. The van der Waals surface area contributed by atoms with Crippen LogP contribution in [0.3, 0.4) is 0 Å². The molecule has 8 nitrogen and oxygen atoms in total. The number of pyridine rings is 1. The number of rotatable bonds is 10. The summed E-state index contributed by atoms with van der Waals surface area (Å²) in [5, 5.41) is 4.31. The predicted molar refractivity (Wildman–Crippen MR) is 125 cm³/mol. The second kappa shape index (κ2) is 10.1. The number of aryl methyl sites for hydroxylation is 1. The van der Waals surface area contributed by atoms with Crippen LogP contribution in [0.1, 0.15) is 26.2 Å². The van der Waals surface area contributed by atoms with E-state index in [-0.39, 0.29) is 0 Å². The molecule has 1 aliphatic heterocycles. The monoisotopic (exact) mass is 455 g/mol. The van der Waals surface area contributed by atoms with Gasteiger partial charge in [-0.2, -0.15) is 17.8 Å². The van der Waals surface area contributed by atoms with Crippen LogP contribution in [0.5, 0.6) is 5.75 Å². The van der Waals surface area contributed by atoms with Crippen molar-refractivity contribution in [3.8, 4) is 16.9 Å². The number of ether oxygens (including phenoxy) is 1. The van der Waals surface area contributed by atoms with E-state index in [9.17, 15) is 8.42 Å². The number of nitrogens with zero attached hydrogens (tertiary/aromatic N) is 5. The van der Waals surface area contributed by atoms with Crippen molar-refractivity contribution in [1.29, 1.82) is 0 Å². The third kappa shape index (κ3) is 5.11. The molecule has 0 saturated carbocycles. The van der Waals surface area contributed by atoms with Crippen LogP contribution in [-0.4, -0.2) is 53.7 Å².